The standard InChI is InChI=1S/C18H21N3O6S2/c1-10-9-28-16-13(15(22)20(16)14(10)17(23)27-18(2,3)4)19-29(26)12-8-6-5-7-11(12)21(24)25/h5-8,13,16,19H,9H2,1-4H3/t13-,16+,29?/m1/s1. The van der Waals surface area contributed by atoms with Crippen LogP contribution in [0, 0.1) is 10.1 Å². The normalized spacial score (nSPS) is 22.6. The first-order chi connectivity index (χ1) is 13.5. The molecule has 1 saturated heterocycles. The molecule has 11 heteroatoms. The van der Waals surface area contributed by atoms with Crippen LogP contribution in [0.25, 0.3) is 0 Å². The molecule has 2 aliphatic rings. The average Bonchev–Trinajstić information content (AvgIpc) is 2.64. The van der Waals surface area contributed by atoms with Crippen LogP contribution in [0.1, 0.15) is 27.7 Å². The molecule has 3 atom stereocenters. The lowest BCUT2D eigenvalue weighted by Gasteiger charge is -2.49. The van der Waals surface area contributed by atoms with Gasteiger partial charge in [0.1, 0.15) is 38.6 Å². The zero-order valence-electron chi connectivity index (χ0n) is 16.3. The SMILES string of the molecule is CC1=C(C(=O)OC(C)(C)C)N2C(=O)[C@@H](NS(=O)c3ccccc3[N+](=O)[O-])[C@@H]2SC1. The first-order valence-electron chi connectivity index (χ1n) is 8.80. The number of hydrogen-bond donors (Lipinski definition) is 1. The van der Waals surface area contributed by atoms with E-state index >= 15 is 0 Å². The van der Waals surface area contributed by atoms with Crippen LogP contribution in [-0.4, -0.2) is 48.7 Å². The van der Waals surface area contributed by atoms with E-state index in [2.05, 4.69) is 4.72 Å². The monoisotopic (exact) mass is 439 g/mol. The van der Waals surface area contributed by atoms with E-state index in [0.29, 0.717) is 5.75 Å². The molecule has 1 N–H and O–H groups in total. The molecule has 2 aliphatic heterocycles. The molecule has 156 valence electrons. The minimum Gasteiger partial charge on any atom is -0.455 e. The number of nitrogens with zero attached hydrogens (tertiary/aromatic N) is 2. The van der Waals surface area contributed by atoms with Crippen molar-refractivity contribution in [2.45, 2.75) is 49.6 Å². The van der Waals surface area contributed by atoms with Gasteiger partial charge in [0.05, 0.1) is 4.92 Å². The maximum atomic E-state index is 12.7. The van der Waals surface area contributed by atoms with Gasteiger partial charge in [0, 0.05) is 11.8 Å². The van der Waals surface area contributed by atoms with Crippen LogP contribution >= 0.6 is 11.8 Å². The largest absolute Gasteiger partial charge is 0.455 e. The molecule has 0 aliphatic carbocycles. The van der Waals surface area contributed by atoms with Gasteiger partial charge in [-0.2, -0.15) is 0 Å². The predicted octanol–water partition coefficient (Wildman–Crippen LogP) is 2.11. The van der Waals surface area contributed by atoms with Gasteiger partial charge in [-0.3, -0.25) is 19.8 Å². The van der Waals surface area contributed by atoms with E-state index in [4.69, 9.17) is 4.74 Å². The van der Waals surface area contributed by atoms with E-state index in [0.717, 1.165) is 5.57 Å². The number of amides is 1. The van der Waals surface area contributed by atoms with Gasteiger partial charge in [-0.1, -0.05) is 12.1 Å². The number of nitrogens with one attached hydrogen (secondary N) is 1. The molecule has 0 radical (unpaired) electrons. The van der Waals surface area contributed by atoms with Gasteiger partial charge in [0.2, 0.25) is 5.91 Å². The highest BCUT2D eigenvalue weighted by atomic mass is 32.2. The molecule has 9 nitrogen and oxygen atoms in total. The highest BCUT2D eigenvalue weighted by Gasteiger charge is 2.54. The van der Waals surface area contributed by atoms with Crippen LogP contribution < -0.4 is 4.72 Å². The van der Waals surface area contributed by atoms with Crippen LogP contribution in [0.4, 0.5) is 5.69 Å². The highest BCUT2D eigenvalue weighted by molar-refractivity contribution is 8.00. The number of para-hydroxylation sites is 1. The van der Waals surface area contributed by atoms with E-state index < -0.39 is 44.8 Å². The van der Waals surface area contributed by atoms with Crippen molar-refractivity contribution < 1.29 is 23.5 Å². The van der Waals surface area contributed by atoms with Crippen molar-refractivity contribution in [1.29, 1.82) is 0 Å². The van der Waals surface area contributed by atoms with Gasteiger partial charge in [0.15, 0.2) is 0 Å². The van der Waals surface area contributed by atoms with Gasteiger partial charge < -0.3 is 4.74 Å². The van der Waals surface area contributed by atoms with Crippen molar-refractivity contribution in [3.63, 3.8) is 0 Å². The fraction of sp³-hybridized carbons (Fsp3) is 0.444. The van der Waals surface area contributed by atoms with E-state index in [-0.39, 0.29) is 16.3 Å². The number of β-lactam (4-membered cyclic amide) rings is 1. The zero-order chi connectivity index (χ0) is 21.5. The Morgan fingerprint density at radius 3 is 2.66 bits per heavy atom. The second-order valence-corrected chi connectivity index (χ2v) is 9.95. The Morgan fingerprint density at radius 1 is 1.38 bits per heavy atom. The summed E-state index contributed by atoms with van der Waals surface area (Å²) < 4.78 is 20.8. The summed E-state index contributed by atoms with van der Waals surface area (Å²) in [7, 11) is -1.96. The minimum absolute atomic E-state index is 0.0105. The molecule has 1 aromatic carbocycles. The molecule has 1 amide bonds. The van der Waals surface area contributed by atoms with Crippen molar-refractivity contribution >= 4 is 40.3 Å². The summed E-state index contributed by atoms with van der Waals surface area (Å²) >= 11 is 1.43. The highest BCUT2D eigenvalue weighted by Crippen LogP contribution is 2.41. The molecule has 2 heterocycles. The molecule has 0 aromatic heterocycles. The smallest absolute Gasteiger partial charge is 0.355 e. The first kappa shape index (κ1) is 21.5. The number of nitro groups is 1. The molecule has 0 bridgehead atoms. The fourth-order valence-corrected chi connectivity index (χ4v) is 5.51. The van der Waals surface area contributed by atoms with Crippen LogP contribution in [0.5, 0.6) is 0 Å². The summed E-state index contributed by atoms with van der Waals surface area (Å²) in [5, 5.41) is 10.7. The number of ether oxygens (including phenoxy) is 1. The van der Waals surface area contributed by atoms with Crippen LogP contribution in [0.15, 0.2) is 40.4 Å². The lowest BCUT2D eigenvalue weighted by Crippen LogP contribution is -2.70. The van der Waals surface area contributed by atoms with Crippen LogP contribution in [0.2, 0.25) is 0 Å². The number of carbonyl (C=O) groups is 2. The Hall–Kier alpha value is -2.24. The molecule has 1 unspecified atom stereocenters. The lowest BCUT2D eigenvalue weighted by molar-refractivity contribution is -0.387. The Kier molecular flexibility index (Phi) is 5.84. The first-order valence-corrected chi connectivity index (χ1v) is 11.0. The molecule has 1 aromatic rings. The second-order valence-electron chi connectivity index (χ2n) is 7.63. The van der Waals surface area contributed by atoms with Crippen LogP contribution in [0.3, 0.4) is 0 Å². The topological polar surface area (TPSA) is 119 Å². The molecule has 29 heavy (non-hydrogen) atoms. The third kappa shape index (κ3) is 4.21. The van der Waals surface area contributed by atoms with Crippen molar-refractivity contribution in [3.05, 3.63) is 45.6 Å². The fourth-order valence-electron chi connectivity index (χ4n) is 3.01. The molecule has 3 rings (SSSR count). The van der Waals surface area contributed by atoms with E-state index in [1.807, 2.05) is 0 Å². The minimum atomic E-state index is -1.96. The molecule has 0 saturated carbocycles. The summed E-state index contributed by atoms with van der Waals surface area (Å²) in [6, 6.07) is 4.83. The summed E-state index contributed by atoms with van der Waals surface area (Å²) in [5.74, 6) is -0.486. The lowest BCUT2D eigenvalue weighted by atomic mass is 10.0. The number of thioether (sulfide) groups is 1. The zero-order valence-corrected chi connectivity index (χ0v) is 18.0. The Bertz CT molecular complexity index is 940. The molecular weight excluding hydrogens is 418 g/mol. The van der Waals surface area contributed by atoms with E-state index in [1.165, 1.54) is 34.9 Å². The van der Waals surface area contributed by atoms with Gasteiger partial charge in [-0.15, -0.1) is 11.8 Å². The summed E-state index contributed by atoms with van der Waals surface area (Å²) in [4.78, 5) is 37.2. The Morgan fingerprint density at radius 2 is 2.03 bits per heavy atom. The van der Waals surface area contributed by atoms with Gasteiger partial charge in [-0.25, -0.2) is 13.7 Å². The number of hydrogen-bond acceptors (Lipinski definition) is 7. The van der Waals surface area contributed by atoms with Crippen LogP contribution in [-0.2, 0) is 25.3 Å². The van der Waals surface area contributed by atoms with Crippen molar-refractivity contribution in [1.82, 2.24) is 9.62 Å². The number of fused-ring (bicyclic) bond motifs is 1. The number of nitro benzene ring substituents is 1. The number of benzene rings is 1. The Labute approximate surface area is 174 Å². The van der Waals surface area contributed by atoms with Gasteiger partial charge in [0.25, 0.3) is 5.69 Å². The summed E-state index contributed by atoms with van der Waals surface area (Å²) in [6.07, 6.45) is 0. The van der Waals surface area contributed by atoms with Gasteiger partial charge >= 0.3 is 5.97 Å². The van der Waals surface area contributed by atoms with Gasteiger partial charge in [-0.05, 0) is 39.3 Å². The van der Waals surface area contributed by atoms with Crippen molar-refractivity contribution in [2.24, 2.45) is 0 Å². The molecular formula is C18H21N3O6S2. The van der Waals surface area contributed by atoms with E-state index in [1.54, 1.807) is 33.8 Å². The van der Waals surface area contributed by atoms with Crippen molar-refractivity contribution in [3.8, 4) is 0 Å². The maximum absolute atomic E-state index is 12.7. The van der Waals surface area contributed by atoms with E-state index in [9.17, 15) is 23.9 Å². The Balaban J connectivity index is 1.78. The molecule has 1 fully saturated rings. The third-order valence-corrected chi connectivity index (χ3v) is 6.88. The second kappa shape index (κ2) is 7.88. The predicted molar refractivity (Wildman–Crippen MR) is 108 cm³/mol. The quantitative estimate of drug-likeness (QED) is 0.323. The van der Waals surface area contributed by atoms with Crippen molar-refractivity contribution in [2.75, 3.05) is 5.75 Å². The maximum Gasteiger partial charge on any atom is 0.355 e. The number of esters is 1. The number of carbonyl (C=O) groups excluding carboxylic acids is 2. The molecule has 0 spiro atoms. The third-order valence-electron chi connectivity index (χ3n) is 4.25. The summed E-state index contributed by atoms with van der Waals surface area (Å²) in [5.41, 5.74) is -0.0530. The summed E-state index contributed by atoms with van der Waals surface area (Å²) in [6.45, 7) is 7.00. The number of rotatable bonds is 5. The average molecular weight is 440 g/mol.